The zero-order valence-corrected chi connectivity index (χ0v) is 82.2. The van der Waals surface area contributed by atoms with E-state index in [1.165, 1.54) is 492 Å². The third-order valence-corrected chi connectivity index (χ3v) is 23.9. The fraction of sp³-hybridized carbons (Fsp3) is 0.990. The van der Waals surface area contributed by atoms with Crippen LogP contribution in [0.25, 0.3) is 0 Å². The predicted molar refractivity (Wildman–Crippen MR) is 508 cm³/mol. The molecule has 0 aliphatic carbocycles. The topological polar surface area (TPSA) is 23.8 Å². The zero-order valence-electron chi connectivity index (χ0n) is 82.2. The van der Waals surface area contributed by atoms with E-state index in [1.807, 2.05) is 0 Å². The number of hydrogen-bond acceptors (Lipinski definition) is 1. The van der Waals surface area contributed by atoms with Gasteiger partial charge < -0.3 is 26.9 Å². The molecule has 0 aromatic carbocycles. The Morgan fingerprint density at radius 1 is 0.175 bits per heavy atom. The molecule has 15 heteroatoms. The second-order valence-electron chi connectivity index (χ2n) is 34.7. The molecule has 0 unspecified atom stereocenters. The molecular weight excluding hydrogens is 1430 g/mol. The SMILES string of the molecule is CCCC[N+](CCCC)(CCCC)CCCC.CCCC[N+](CCCC)(CCCC)CCCC.CCCC[N+](CCCC)(CCCC)CCCC.CCCC[N+](CCCC)(CCCC)CCCC.CCCC[N+](CCCC)(CCCC)CCCC.CCCC[N+](CCCC)(CCCC)CCCC.N#C[BH5-6](F)(F)C(F)(F)C(F)(F)F. The van der Waals surface area contributed by atoms with Gasteiger partial charge in [0.2, 0.25) is 0 Å². The Morgan fingerprint density at radius 2 is 0.246 bits per heavy atom. The van der Waals surface area contributed by atoms with Crippen molar-refractivity contribution in [2.24, 2.45) is 0 Å². The van der Waals surface area contributed by atoms with Crippen molar-refractivity contribution in [3.8, 4) is 5.97 Å². The minimum absolute atomic E-state index is 0.0402. The zero-order chi connectivity index (χ0) is 88.1. The molecule has 704 valence electrons. The summed E-state index contributed by atoms with van der Waals surface area (Å²) in [6.45, 7) is 80.4. The maximum absolute atomic E-state index is 12.0. The van der Waals surface area contributed by atoms with Gasteiger partial charge in [-0.25, -0.2) is 0 Å². The van der Waals surface area contributed by atoms with E-state index < -0.39 is 18.7 Å². The normalized spacial score (nSPS) is 12.4. The maximum atomic E-state index is 12.0. The summed E-state index contributed by atoms with van der Waals surface area (Å²) < 4.78 is 89.7. The van der Waals surface area contributed by atoms with Gasteiger partial charge in [-0.2, -0.15) is 0 Å². The number of nitriles is 1. The van der Waals surface area contributed by atoms with Crippen molar-refractivity contribution in [1.29, 1.82) is 5.26 Å². The van der Waals surface area contributed by atoms with Crippen molar-refractivity contribution < 1.29 is 57.5 Å². The van der Waals surface area contributed by atoms with Crippen LogP contribution in [-0.2, 0) is 0 Å². The van der Waals surface area contributed by atoms with Crippen molar-refractivity contribution in [2.75, 3.05) is 157 Å². The van der Waals surface area contributed by atoms with Gasteiger partial charge in [0.05, 0.1) is 157 Å². The molecule has 0 aliphatic rings. The summed E-state index contributed by atoms with van der Waals surface area (Å²) >= 11 is 0. The van der Waals surface area contributed by atoms with Crippen molar-refractivity contribution in [3.63, 3.8) is 0 Å². The van der Waals surface area contributed by atoms with Gasteiger partial charge >= 0.3 is 60.5 Å². The molecule has 0 heterocycles. The molecule has 0 bridgehead atoms. The number of halogens is 7. The van der Waals surface area contributed by atoms with Crippen molar-refractivity contribution in [1.82, 2.24) is 0 Å². The van der Waals surface area contributed by atoms with E-state index in [9.17, 15) is 30.6 Å². The standard InChI is InChI=1S/6C16H36N.C3H5BF7N/c6*1-5-9-13-17(14-10-6-2,15-11-7-3)16-12-8-4;5-2(6,3(7,8)9)4(10,11)1-12/h6*5-16H2,1-4H3;4H5/q6*+1;-6. The van der Waals surface area contributed by atoms with Crippen LogP contribution in [0.3, 0.4) is 0 Å². The molecule has 0 saturated heterocycles. The molecule has 0 aliphatic heterocycles. The number of rotatable bonds is 73. The summed E-state index contributed by atoms with van der Waals surface area (Å²) in [5.41, 5.74) is 0. The van der Waals surface area contributed by atoms with Gasteiger partial charge in [0.15, 0.2) is 0 Å². The molecule has 0 rings (SSSR count). The van der Waals surface area contributed by atoms with Crippen LogP contribution in [0, 0.1) is 11.2 Å². The molecule has 0 N–H and O–H groups in total. The first kappa shape index (κ1) is 126. The van der Waals surface area contributed by atoms with Crippen LogP contribution in [0.15, 0.2) is 0 Å². The number of unbranched alkanes of at least 4 members (excludes halogenated alkanes) is 24. The van der Waals surface area contributed by atoms with E-state index in [-0.39, 0.29) is 5.97 Å². The number of quaternary nitrogens is 6. The Labute approximate surface area is 715 Å². The summed E-state index contributed by atoms with van der Waals surface area (Å²) in [6, 6.07) is 0. The van der Waals surface area contributed by atoms with E-state index >= 15 is 0 Å². The molecule has 114 heavy (non-hydrogen) atoms. The van der Waals surface area contributed by atoms with Crippen LogP contribution >= 0.6 is 0 Å². The Kier molecular flexibility index (Phi) is 95.9. The quantitative estimate of drug-likeness (QED) is 0.0338. The average Bonchev–Trinajstić information content (AvgIpc) is 0.782. The summed E-state index contributed by atoms with van der Waals surface area (Å²) in [4.78, 5) is 0. The molecule has 0 aromatic rings. The van der Waals surface area contributed by atoms with Crippen molar-refractivity contribution in [2.45, 2.75) is 486 Å². The first-order valence-electron chi connectivity index (χ1n) is 50.0. The van der Waals surface area contributed by atoms with E-state index in [0.717, 1.165) is 0 Å². The van der Waals surface area contributed by atoms with Gasteiger partial charge in [-0.1, -0.05) is 320 Å². The Hall–Kier alpha value is -1.18. The van der Waals surface area contributed by atoms with E-state index in [0.29, 0.717) is 0 Å². The fourth-order valence-corrected chi connectivity index (χ4v) is 15.9. The van der Waals surface area contributed by atoms with Crippen LogP contribution in [0.5, 0.6) is 0 Å². The van der Waals surface area contributed by atoms with E-state index in [2.05, 4.69) is 166 Å². The van der Waals surface area contributed by atoms with Gasteiger partial charge in [-0.15, -0.1) is 0 Å². The van der Waals surface area contributed by atoms with Gasteiger partial charge in [0.1, 0.15) is 0 Å². The van der Waals surface area contributed by atoms with Gasteiger partial charge in [-0.05, 0) is 154 Å². The Bertz CT molecular complexity index is 1400. The molecule has 7 nitrogen and oxygen atoms in total. The molecule has 0 atom stereocenters. The molecule has 0 fully saturated rings. The summed E-state index contributed by atoms with van der Waals surface area (Å²) in [7, 11) is 0. The molecule has 0 radical (unpaired) electrons. The first-order chi connectivity index (χ1) is 54.5. The number of alkyl halides is 5. The third-order valence-electron chi connectivity index (χ3n) is 23.9. The minimum atomic E-state index is -9.68. The third kappa shape index (κ3) is 68.4. The second kappa shape index (κ2) is 86.8. The molecular formula is C99H221BF7N7. The fourth-order valence-electron chi connectivity index (χ4n) is 15.9. The Balaban J connectivity index is -0.000000235. The van der Waals surface area contributed by atoms with Gasteiger partial charge in [-0.3, -0.25) is 0 Å². The summed E-state index contributed by atoms with van der Waals surface area (Å²) in [6.07, 6.45) is 60.1. The predicted octanol–water partition coefficient (Wildman–Crippen LogP) is 30.9. The van der Waals surface area contributed by atoms with E-state index in [4.69, 9.17) is 5.26 Å². The van der Waals surface area contributed by atoms with Crippen LogP contribution in [0.1, 0.15) is 474 Å². The van der Waals surface area contributed by atoms with Crippen molar-refractivity contribution >= 4 is 6.70 Å². The first-order valence-corrected chi connectivity index (χ1v) is 50.0. The number of hydrogen-bond donors (Lipinski definition) is 0. The molecule has 0 amide bonds. The summed E-state index contributed by atoms with van der Waals surface area (Å²) in [5, 5.41) is 7.48. The summed E-state index contributed by atoms with van der Waals surface area (Å²) in [5.74, 6) is -5.98. The Morgan fingerprint density at radius 3 is 0.281 bits per heavy atom. The second-order valence-corrected chi connectivity index (χ2v) is 34.7. The van der Waals surface area contributed by atoms with Crippen molar-refractivity contribution in [3.05, 3.63) is 0 Å². The van der Waals surface area contributed by atoms with Gasteiger partial charge in [0.25, 0.3) is 0 Å². The van der Waals surface area contributed by atoms with Crippen LogP contribution in [0.2, 0.25) is 0 Å². The van der Waals surface area contributed by atoms with Crippen LogP contribution < -0.4 is 0 Å². The van der Waals surface area contributed by atoms with E-state index in [1.54, 1.807) is 0 Å². The van der Waals surface area contributed by atoms with Crippen LogP contribution in [0.4, 0.5) is 30.6 Å². The average molecular weight is 1650 g/mol. The molecule has 0 saturated carbocycles. The molecule has 0 aromatic heterocycles. The van der Waals surface area contributed by atoms with Gasteiger partial charge in [0, 0.05) is 0 Å². The number of nitrogens with zero attached hydrogens (tertiary/aromatic N) is 7. The monoisotopic (exact) mass is 1650 g/mol. The molecule has 0 spiro atoms. The van der Waals surface area contributed by atoms with Crippen LogP contribution in [-0.4, -0.2) is 203 Å².